The van der Waals surface area contributed by atoms with Crippen LogP contribution in [0, 0.1) is 0 Å². The third-order valence-corrected chi connectivity index (χ3v) is 3.95. The molecule has 1 aromatic carbocycles. The molecule has 1 aromatic heterocycles. The van der Waals surface area contributed by atoms with Crippen molar-refractivity contribution in [1.82, 2.24) is 4.57 Å². The van der Waals surface area contributed by atoms with E-state index >= 15 is 0 Å². The Morgan fingerprint density at radius 3 is 2.35 bits per heavy atom. The Labute approximate surface area is 138 Å². The van der Waals surface area contributed by atoms with Crippen LogP contribution in [0.2, 0.25) is 0 Å². The van der Waals surface area contributed by atoms with Crippen molar-refractivity contribution in [2.45, 2.75) is 31.2 Å². The first-order valence-electron chi connectivity index (χ1n) is 7.28. The second-order valence-corrected chi connectivity index (χ2v) is 6.24. The van der Waals surface area contributed by atoms with Crippen LogP contribution >= 0.6 is 0 Å². The summed E-state index contributed by atoms with van der Waals surface area (Å²) < 4.78 is 35.5. The number of unbranched alkanes of at least 4 members (excludes halogenated alkanes) is 1. The van der Waals surface area contributed by atoms with Gasteiger partial charge in [0.15, 0.2) is 0 Å². The van der Waals surface area contributed by atoms with E-state index in [2.05, 4.69) is 30.8 Å². The summed E-state index contributed by atoms with van der Waals surface area (Å²) in [6.45, 7) is 10.5. The molecule has 0 aliphatic carbocycles. The van der Waals surface area contributed by atoms with Crippen LogP contribution in [-0.2, 0) is 16.7 Å². The molecule has 0 fully saturated rings. The van der Waals surface area contributed by atoms with Gasteiger partial charge < -0.3 is 4.55 Å². The molecule has 23 heavy (non-hydrogen) atoms. The van der Waals surface area contributed by atoms with E-state index in [4.69, 9.17) is 0 Å². The number of aromatic nitrogens is 2. The predicted molar refractivity (Wildman–Crippen MR) is 90.4 cm³/mol. The standard InChI is InChI=1S/C9H15N2.C8H8O3S/c1-3-5-6-11-8-7-10(4-2)9-11;1-2-7-3-5-8(6-4-7)12(9,10)11/h4,7-9H,2-3,5-6H2,1H3;2-6H,1H2,(H,9,10,11)/q+1;/p-1. The average Bonchev–Trinajstić information content (AvgIpc) is 3.01. The van der Waals surface area contributed by atoms with Crippen LogP contribution in [0.4, 0.5) is 0 Å². The highest BCUT2D eigenvalue weighted by Gasteiger charge is 1.99. The molecule has 2 aromatic rings. The lowest BCUT2D eigenvalue weighted by Crippen LogP contribution is -2.21. The lowest BCUT2D eigenvalue weighted by molar-refractivity contribution is -0.567. The Balaban J connectivity index is 0.000000231. The number of benzene rings is 1. The summed E-state index contributed by atoms with van der Waals surface area (Å²) in [7, 11) is -4.31. The van der Waals surface area contributed by atoms with E-state index in [1.165, 1.54) is 37.1 Å². The van der Waals surface area contributed by atoms with E-state index in [1.807, 2.05) is 17.1 Å². The lowest BCUT2D eigenvalue weighted by Gasteiger charge is -2.05. The molecule has 0 spiro atoms. The van der Waals surface area contributed by atoms with E-state index in [9.17, 15) is 13.0 Å². The van der Waals surface area contributed by atoms with Gasteiger partial charge in [-0.05, 0) is 24.1 Å². The first-order chi connectivity index (χ1) is 10.9. The molecule has 0 atom stereocenters. The monoisotopic (exact) mass is 334 g/mol. The van der Waals surface area contributed by atoms with Gasteiger partial charge in [0.1, 0.15) is 22.5 Å². The first kappa shape index (κ1) is 18.9. The fourth-order valence-electron chi connectivity index (χ4n) is 1.76. The van der Waals surface area contributed by atoms with Gasteiger partial charge in [0, 0.05) is 0 Å². The number of nitrogens with zero attached hydrogens (tertiary/aromatic N) is 2. The highest BCUT2D eigenvalue weighted by Crippen LogP contribution is 2.10. The third-order valence-electron chi connectivity index (χ3n) is 3.10. The van der Waals surface area contributed by atoms with Gasteiger partial charge in [0.2, 0.25) is 6.33 Å². The summed E-state index contributed by atoms with van der Waals surface area (Å²) in [5.74, 6) is 0. The molecule has 0 amide bonds. The lowest BCUT2D eigenvalue weighted by atomic mass is 10.2. The van der Waals surface area contributed by atoms with Crippen LogP contribution in [-0.4, -0.2) is 17.5 Å². The minimum Gasteiger partial charge on any atom is -0.744 e. The van der Waals surface area contributed by atoms with Gasteiger partial charge in [0.25, 0.3) is 0 Å². The Bertz CT molecular complexity index is 731. The third kappa shape index (κ3) is 6.63. The van der Waals surface area contributed by atoms with Gasteiger partial charge in [-0.2, -0.15) is 0 Å². The SMILES string of the molecule is C=C[n+]1ccn(CCCC)c1.C=Cc1ccc(S(=O)(=O)[O-])cc1. The average molecular weight is 334 g/mol. The Morgan fingerprint density at radius 1 is 1.26 bits per heavy atom. The molecule has 0 N–H and O–H groups in total. The van der Waals surface area contributed by atoms with Gasteiger partial charge >= 0.3 is 0 Å². The minimum atomic E-state index is -4.31. The zero-order valence-corrected chi connectivity index (χ0v) is 14.1. The first-order valence-corrected chi connectivity index (χ1v) is 8.69. The van der Waals surface area contributed by atoms with Crippen molar-refractivity contribution in [3.63, 3.8) is 0 Å². The van der Waals surface area contributed by atoms with Crippen molar-refractivity contribution in [3.05, 3.63) is 61.7 Å². The number of aryl methyl sites for hydroxylation is 1. The smallest absolute Gasteiger partial charge is 0.248 e. The summed E-state index contributed by atoms with van der Waals surface area (Å²) in [5, 5.41) is 0. The second-order valence-electron chi connectivity index (χ2n) is 4.86. The Kier molecular flexibility index (Phi) is 7.44. The van der Waals surface area contributed by atoms with E-state index in [0.717, 1.165) is 12.1 Å². The summed E-state index contributed by atoms with van der Waals surface area (Å²) in [4.78, 5) is -0.215. The van der Waals surface area contributed by atoms with Crippen molar-refractivity contribution in [3.8, 4) is 0 Å². The van der Waals surface area contributed by atoms with Gasteiger partial charge in [-0.25, -0.2) is 17.6 Å². The number of rotatable bonds is 6. The van der Waals surface area contributed by atoms with Crippen molar-refractivity contribution in [2.75, 3.05) is 0 Å². The molecule has 0 radical (unpaired) electrons. The zero-order valence-electron chi connectivity index (χ0n) is 13.3. The fourth-order valence-corrected chi connectivity index (χ4v) is 2.23. The van der Waals surface area contributed by atoms with Crippen LogP contribution in [0.25, 0.3) is 12.3 Å². The van der Waals surface area contributed by atoms with Crippen LogP contribution in [0.3, 0.4) is 0 Å². The van der Waals surface area contributed by atoms with Crippen LogP contribution in [0.1, 0.15) is 25.3 Å². The molecule has 0 bridgehead atoms. The van der Waals surface area contributed by atoms with E-state index < -0.39 is 10.1 Å². The molecule has 1 heterocycles. The molecule has 0 aliphatic heterocycles. The molecule has 0 unspecified atom stereocenters. The summed E-state index contributed by atoms with van der Waals surface area (Å²) in [6.07, 6.45) is 12.0. The van der Waals surface area contributed by atoms with E-state index in [-0.39, 0.29) is 4.90 Å². The normalized spacial score (nSPS) is 10.5. The fraction of sp³-hybridized carbons (Fsp3) is 0.235. The number of hydrogen-bond acceptors (Lipinski definition) is 3. The number of imidazole rings is 1. The molecule has 6 heteroatoms. The molecule has 5 nitrogen and oxygen atoms in total. The van der Waals surface area contributed by atoms with E-state index in [1.54, 1.807) is 12.3 Å². The van der Waals surface area contributed by atoms with Crippen molar-refractivity contribution >= 4 is 22.4 Å². The number of hydrogen-bond donors (Lipinski definition) is 0. The van der Waals surface area contributed by atoms with Gasteiger partial charge in [0.05, 0.1) is 17.6 Å². The predicted octanol–water partition coefficient (Wildman–Crippen LogP) is 2.91. The van der Waals surface area contributed by atoms with Crippen LogP contribution in [0.5, 0.6) is 0 Å². The molecular formula is C17H22N2O3S. The summed E-state index contributed by atoms with van der Waals surface area (Å²) in [5.41, 5.74) is 0.780. The highest BCUT2D eigenvalue weighted by molar-refractivity contribution is 7.85. The largest absolute Gasteiger partial charge is 0.744 e. The second kappa shape index (κ2) is 9.07. The van der Waals surface area contributed by atoms with E-state index in [0.29, 0.717) is 0 Å². The topological polar surface area (TPSA) is 66.0 Å². The molecular weight excluding hydrogens is 312 g/mol. The molecule has 0 aliphatic rings. The maximum atomic E-state index is 10.5. The summed E-state index contributed by atoms with van der Waals surface area (Å²) in [6, 6.07) is 5.58. The molecule has 2 rings (SSSR count). The van der Waals surface area contributed by atoms with Crippen LogP contribution < -0.4 is 4.57 Å². The zero-order chi connectivity index (χ0) is 17.3. The maximum absolute atomic E-state index is 10.5. The quantitative estimate of drug-likeness (QED) is 0.602. The van der Waals surface area contributed by atoms with Gasteiger partial charge in [-0.1, -0.05) is 44.7 Å². The Hall–Kier alpha value is -2.18. The molecule has 124 valence electrons. The van der Waals surface area contributed by atoms with Gasteiger partial charge in [-0.15, -0.1) is 0 Å². The summed E-state index contributed by atoms with van der Waals surface area (Å²) >= 11 is 0. The van der Waals surface area contributed by atoms with Crippen LogP contribution in [0.15, 0.2) is 61.0 Å². The minimum absolute atomic E-state index is 0.215. The highest BCUT2D eigenvalue weighted by atomic mass is 32.2. The van der Waals surface area contributed by atoms with Crippen molar-refractivity contribution in [1.29, 1.82) is 0 Å². The maximum Gasteiger partial charge on any atom is 0.248 e. The molecule has 0 saturated carbocycles. The van der Waals surface area contributed by atoms with Crippen molar-refractivity contribution in [2.24, 2.45) is 0 Å². The van der Waals surface area contributed by atoms with Gasteiger partial charge in [-0.3, -0.25) is 0 Å². The van der Waals surface area contributed by atoms with Crippen molar-refractivity contribution < 1.29 is 17.5 Å². The Morgan fingerprint density at radius 2 is 1.91 bits per heavy atom. The molecule has 0 saturated heterocycles.